The summed E-state index contributed by atoms with van der Waals surface area (Å²) in [5, 5.41) is 13.4. The summed E-state index contributed by atoms with van der Waals surface area (Å²) in [6.45, 7) is 4.63. The molecule has 1 aromatic rings. The molecule has 0 aliphatic heterocycles. The minimum atomic E-state index is -0.816. The van der Waals surface area contributed by atoms with Crippen LogP contribution in [0.2, 0.25) is 0 Å². The molecule has 1 aromatic carbocycles. The summed E-state index contributed by atoms with van der Waals surface area (Å²) in [7, 11) is 1.20. The van der Waals surface area contributed by atoms with Crippen LogP contribution in [-0.4, -0.2) is 36.3 Å². The number of esters is 1. The van der Waals surface area contributed by atoms with Crippen LogP contribution in [0, 0.1) is 10.1 Å². The summed E-state index contributed by atoms with van der Waals surface area (Å²) < 4.78 is 14.5. The normalized spacial score (nSPS) is 10.6. The average Bonchev–Trinajstić information content (AvgIpc) is 2.43. The van der Waals surface area contributed by atoms with Gasteiger partial charge in [0.1, 0.15) is 17.0 Å². The highest BCUT2D eigenvalue weighted by atomic mass is 16.6. The zero-order valence-electron chi connectivity index (χ0n) is 13.2. The van der Waals surface area contributed by atoms with E-state index in [2.05, 4.69) is 10.1 Å². The third kappa shape index (κ3) is 6.20. The molecule has 0 radical (unpaired) electrons. The van der Waals surface area contributed by atoms with Gasteiger partial charge in [-0.05, 0) is 32.9 Å². The molecule has 9 nitrogen and oxygen atoms in total. The molecule has 1 amide bonds. The van der Waals surface area contributed by atoms with Gasteiger partial charge in [-0.15, -0.1) is 0 Å². The van der Waals surface area contributed by atoms with Crippen molar-refractivity contribution in [2.45, 2.75) is 26.4 Å². The van der Waals surface area contributed by atoms with E-state index in [1.807, 2.05) is 0 Å². The number of carbonyl (C=O) groups excluding carboxylic acids is 2. The Morgan fingerprint density at radius 2 is 1.96 bits per heavy atom. The minimum Gasteiger partial charge on any atom is -0.482 e. The summed E-state index contributed by atoms with van der Waals surface area (Å²) in [6, 6.07) is 3.76. The van der Waals surface area contributed by atoms with Gasteiger partial charge in [0, 0.05) is 0 Å². The van der Waals surface area contributed by atoms with Crippen molar-refractivity contribution < 1.29 is 28.7 Å². The Balaban J connectivity index is 2.90. The molecule has 1 rings (SSSR count). The molecule has 0 aliphatic carbocycles. The molecule has 126 valence electrons. The lowest BCUT2D eigenvalue weighted by atomic mass is 10.2. The van der Waals surface area contributed by atoms with Gasteiger partial charge in [-0.25, -0.2) is 9.59 Å². The maximum Gasteiger partial charge on any atom is 0.412 e. The Labute approximate surface area is 132 Å². The van der Waals surface area contributed by atoms with Crippen molar-refractivity contribution in [1.29, 1.82) is 0 Å². The summed E-state index contributed by atoms with van der Waals surface area (Å²) in [5.41, 5.74) is -1.17. The van der Waals surface area contributed by atoms with Gasteiger partial charge in [0.05, 0.1) is 18.1 Å². The van der Waals surface area contributed by atoms with Crippen LogP contribution in [0.3, 0.4) is 0 Å². The minimum absolute atomic E-state index is 0.0466. The highest BCUT2D eigenvalue weighted by Crippen LogP contribution is 2.29. The zero-order valence-corrected chi connectivity index (χ0v) is 13.2. The first-order valence-corrected chi connectivity index (χ1v) is 6.60. The van der Waals surface area contributed by atoms with Crippen molar-refractivity contribution in [2.75, 3.05) is 19.0 Å². The second-order valence-electron chi connectivity index (χ2n) is 5.43. The Morgan fingerprint density at radius 1 is 1.30 bits per heavy atom. The van der Waals surface area contributed by atoms with Crippen LogP contribution < -0.4 is 10.1 Å². The maximum atomic E-state index is 11.7. The molecule has 0 fully saturated rings. The fourth-order valence-electron chi connectivity index (χ4n) is 1.47. The number of amides is 1. The monoisotopic (exact) mass is 326 g/mol. The van der Waals surface area contributed by atoms with Crippen LogP contribution in [0.5, 0.6) is 5.75 Å². The molecule has 0 aromatic heterocycles. The Morgan fingerprint density at radius 3 is 2.48 bits per heavy atom. The van der Waals surface area contributed by atoms with Crippen LogP contribution >= 0.6 is 0 Å². The zero-order chi connectivity index (χ0) is 17.6. The highest BCUT2D eigenvalue weighted by molar-refractivity contribution is 5.88. The number of benzene rings is 1. The molecule has 0 aliphatic rings. The molecule has 0 spiro atoms. The molecule has 0 unspecified atom stereocenters. The molecule has 1 N–H and O–H groups in total. The van der Waals surface area contributed by atoms with Gasteiger partial charge >= 0.3 is 12.1 Å². The van der Waals surface area contributed by atoms with E-state index in [-0.39, 0.29) is 18.0 Å². The van der Waals surface area contributed by atoms with Crippen molar-refractivity contribution in [3.8, 4) is 5.75 Å². The van der Waals surface area contributed by atoms with Crippen molar-refractivity contribution in [1.82, 2.24) is 0 Å². The molecule has 0 saturated heterocycles. The smallest absolute Gasteiger partial charge is 0.412 e. The number of nitro groups is 1. The van der Waals surface area contributed by atoms with E-state index < -0.39 is 28.3 Å². The first kappa shape index (κ1) is 18.2. The maximum absolute atomic E-state index is 11.7. The molecular weight excluding hydrogens is 308 g/mol. The fraction of sp³-hybridized carbons (Fsp3) is 0.429. The summed E-state index contributed by atoms with van der Waals surface area (Å²) in [5.74, 6) is -0.527. The lowest BCUT2D eigenvalue weighted by Crippen LogP contribution is -2.27. The Kier molecular flexibility index (Phi) is 5.88. The van der Waals surface area contributed by atoms with Gasteiger partial charge in [0.25, 0.3) is 5.69 Å². The fourth-order valence-corrected chi connectivity index (χ4v) is 1.47. The van der Waals surface area contributed by atoms with Crippen molar-refractivity contribution in [2.24, 2.45) is 0 Å². The summed E-state index contributed by atoms with van der Waals surface area (Å²) >= 11 is 0. The number of hydrogen-bond acceptors (Lipinski definition) is 7. The highest BCUT2D eigenvalue weighted by Gasteiger charge is 2.21. The van der Waals surface area contributed by atoms with Crippen molar-refractivity contribution >= 4 is 23.4 Å². The van der Waals surface area contributed by atoms with E-state index in [0.29, 0.717) is 0 Å². The number of methoxy groups -OCH3 is 1. The Hall–Kier alpha value is -2.84. The van der Waals surface area contributed by atoms with Crippen LogP contribution in [-0.2, 0) is 14.3 Å². The van der Waals surface area contributed by atoms with E-state index in [0.717, 1.165) is 6.07 Å². The van der Waals surface area contributed by atoms with E-state index in [1.54, 1.807) is 20.8 Å². The number of carbonyl (C=O) groups is 2. The van der Waals surface area contributed by atoms with Gasteiger partial charge in [-0.1, -0.05) is 0 Å². The second-order valence-corrected chi connectivity index (χ2v) is 5.43. The molecule has 0 bridgehead atoms. The van der Waals surface area contributed by atoms with Crippen LogP contribution in [0.15, 0.2) is 18.2 Å². The van der Waals surface area contributed by atoms with Gasteiger partial charge in [-0.3, -0.25) is 15.4 Å². The molecule has 9 heteroatoms. The van der Waals surface area contributed by atoms with E-state index in [1.165, 1.54) is 19.2 Å². The molecular formula is C14H18N2O7. The van der Waals surface area contributed by atoms with E-state index >= 15 is 0 Å². The molecule has 0 saturated carbocycles. The molecule has 0 heterocycles. The number of ether oxygens (including phenoxy) is 3. The topological polar surface area (TPSA) is 117 Å². The SMILES string of the molecule is COC(=O)COc1ccc(NC(=O)OC(C)(C)C)c([N+](=O)[O-])c1. The third-order valence-electron chi connectivity index (χ3n) is 2.39. The molecule has 23 heavy (non-hydrogen) atoms. The number of nitrogens with one attached hydrogen (secondary N) is 1. The first-order chi connectivity index (χ1) is 10.6. The lowest BCUT2D eigenvalue weighted by molar-refractivity contribution is -0.384. The van der Waals surface area contributed by atoms with Crippen LogP contribution in [0.1, 0.15) is 20.8 Å². The number of hydrogen-bond donors (Lipinski definition) is 1. The Bertz CT molecular complexity index is 608. The second kappa shape index (κ2) is 7.43. The summed E-state index contributed by atoms with van der Waals surface area (Å²) in [6.07, 6.45) is -0.816. The third-order valence-corrected chi connectivity index (χ3v) is 2.39. The first-order valence-electron chi connectivity index (χ1n) is 6.60. The van der Waals surface area contributed by atoms with Crippen LogP contribution in [0.4, 0.5) is 16.2 Å². The van der Waals surface area contributed by atoms with Crippen LogP contribution in [0.25, 0.3) is 0 Å². The van der Waals surface area contributed by atoms with Crippen molar-refractivity contribution in [3.63, 3.8) is 0 Å². The number of anilines is 1. The number of nitrogens with zero attached hydrogens (tertiary/aromatic N) is 1. The standard InChI is InChI=1S/C14H18N2O7/c1-14(2,3)23-13(18)15-10-6-5-9(7-11(10)16(19)20)22-8-12(17)21-4/h5-7H,8H2,1-4H3,(H,15,18). The van der Waals surface area contributed by atoms with E-state index in [4.69, 9.17) is 9.47 Å². The van der Waals surface area contributed by atoms with E-state index in [9.17, 15) is 19.7 Å². The average molecular weight is 326 g/mol. The molecule has 0 atom stereocenters. The van der Waals surface area contributed by atoms with Crippen molar-refractivity contribution in [3.05, 3.63) is 28.3 Å². The lowest BCUT2D eigenvalue weighted by Gasteiger charge is -2.19. The largest absolute Gasteiger partial charge is 0.482 e. The number of rotatable bonds is 5. The van der Waals surface area contributed by atoms with Gasteiger partial charge in [0.2, 0.25) is 0 Å². The quantitative estimate of drug-likeness (QED) is 0.502. The predicted octanol–water partition coefficient (Wildman–Crippen LogP) is 2.49. The number of nitro benzene ring substituents is 1. The summed E-state index contributed by atoms with van der Waals surface area (Å²) in [4.78, 5) is 33.1. The van der Waals surface area contributed by atoms with Gasteiger partial charge in [0.15, 0.2) is 6.61 Å². The van der Waals surface area contributed by atoms with Gasteiger partial charge < -0.3 is 14.2 Å². The predicted molar refractivity (Wildman–Crippen MR) is 80.5 cm³/mol. The van der Waals surface area contributed by atoms with Gasteiger partial charge in [-0.2, -0.15) is 0 Å².